The largest absolute Gasteiger partial charge is 0.379 e. The molecule has 3 aliphatic heterocycles. The van der Waals surface area contributed by atoms with Gasteiger partial charge in [-0.15, -0.1) is 0 Å². The van der Waals surface area contributed by atoms with Crippen LogP contribution in [-0.4, -0.2) is 65.6 Å². The number of hydrogen-bond acceptors (Lipinski definition) is 5. The highest BCUT2D eigenvalue weighted by molar-refractivity contribution is 7.86. The number of ether oxygens (including phenoxy) is 1. The lowest BCUT2D eigenvalue weighted by Gasteiger charge is -2.36. The molecule has 2 aromatic rings. The number of carbonyl (C=O) groups is 1. The highest BCUT2D eigenvalue weighted by Gasteiger charge is 2.61. The first kappa shape index (κ1) is 18.7. The van der Waals surface area contributed by atoms with Crippen molar-refractivity contribution in [2.75, 3.05) is 38.2 Å². The molecule has 1 N–H and O–H groups in total. The van der Waals surface area contributed by atoms with Gasteiger partial charge in [-0.2, -0.15) is 22.1 Å². The number of nitrogens with one attached hydrogen (secondary N) is 1. The van der Waals surface area contributed by atoms with E-state index in [0.29, 0.717) is 38.3 Å². The molecule has 9 nitrogen and oxygen atoms in total. The maximum atomic E-state index is 13.6. The predicted octanol–water partition coefficient (Wildman–Crippen LogP) is 0.634. The number of fused-ring (bicyclic) bond motifs is 2. The molecular weight excluding hydrogens is 394 g/mol. The van der Waals surface area contributed by atoms with Crippen molar-refractivity contribution in [3.63, 3.8) is 0 Å². The number of amides is 1. The Hall–Kier alpha value is -2.27. The zero-order valence-corrected chi connectivity index (χ0v) is 16.9. The monoisotopic (exact) mass is 417 g/mol. The Labute approximate surface area is 169 Å². The molecule has 0 saturated carbocycles. The van der Waals surface area contributed by atoms with E-state index in [9.17, 15) is 13.2 Å². The highest BCUT2D eigenvalue weighted by Crippen LogP contribution is 2.55. The van der Waals surface area contributed by atoms with Crippen molar-refractivity contribution in [1.29, 1.82) is 0 Å². The average molecular weight is 417 g/mol. The van der Waals surface area contributed by atoms with Crippen molar-refractivity contribution in [1.82, 2.24) is 18.4 Å². The first-order valence-corrected chi connectivity index (χ1v) is 11.1. The third-order valence-corrected chi connectivity index (χ3v) is 8.18. The van der Waals surface area contributed by atoms with E-state index in [1.54, 1.807) is 24.1 Å². The fourth-order valence-electron chi connectivity index (χ4n) is 4.86. The van der Waals surface area contributed by atoms with Crippen LogP contribution in [0, 0.1) is 0 Å². The Morgan fingerprint density at radius 1 is 1.21 bits per heavy atom. The van der Waals surface area contributed by atoms with E-state index in [1.165, 1.54) is 8.61 Å². The van der Waals surface area contributed by atoms with Gasteiger partial charge in [0.1, 0.15) is 0 Å². The molecule has 2 fully saturated rings. The molecule has 0 radical (unpaired) electrons. The normalized spacial score (nSPS) is 28.0. The molecular formula is C19H23N5O4S. The van der Waals surface area contributed by atoms with Crippen molar-refractivity contribution in [3.8, 4) is 0 Å². The van der Waals surface area contributed by atoms with E-state index < -0.39 is 21.7 Å². The number of anilines is 1. The van der Waals surface area contributed by atoms with Crippen molar-refractivity contribution in [2.24, 2.45) is 7.05 Å². The SMILES string of the molecule is Cn1cc([C@@H]2N(S(=O)(=O)N3CCOCC3)CC[C@]23C(=O)Nc2ccccc23)cn1. The van der Waals surface area contributed by atoms with E-state index in [-0.39, 0.29) is 12.5 Å². The van der Waals surface area contributed by atoms with Crippen LogP contribution >= 0.6 is 0 Å². The lowest BCUT2D eigenvalue weighted by atomic mass is 9.73. The number of aromatic nitrogens is 2. The number of aryl methyl sites for hydroxylation is 1. The van der Waals surface area contributed by atoms with E-state index in [4.69, 9.17) is 4.74 Å². The van der Waals surface area contributed by atoms with Gasteiger partial charge in [-0.05, 0) is 18.1 Å². The summed E-state index contributed by atoms with van der Waals surface area (Å²) in [5, 5.41) is 7.22. The van der Waals surface area contributed by atoms with Crippen LogP contribution in [0.25, 0.3) is 0 Å². The lowest BCUT2D eigenvalue weighted by Crippen LogP contribution is -2.50. The lowest BCUT2D eigenvalue weighted by molar-refractivity contribution is -0.121. The van der Waals surface area contributed by atoms with Crippen molar-refractivity contribution in [2.45, 2.75) is 17.9 Å². The number of para-hydroxylation sites is 1. The fraction of sp³-hybridized carbons (Fsp3) is 0.474. The Bertz CT molecular complexity index is 1060. The van der Waals surface area contributed by atoms with Crippen LogP contribution in [0.1, 0.15) is 23.6 Å². The molecule has 10 heteroatoms. The van der Waals surface area contributed by atoms with Crippen LogP contribution < -0.4 is 5.32 Å². The number of rotatable bonds is 3. The molecule has 4 heterocycles. The van der Waals surface area contributed by atoms with Gasteiger partial charge in [0.25, 0.3) is 10.2 Å². The third kappa shape index (κ3) is 2.67. The number of carbonyl (C=O) groups excluding carboxylic acids is 1. The second-order valence-electron chi connectivity index (χ2n) is 7.70. The fourth-order valence-corrected chi connectivity index (χ4v) is 6.66. The molecule has 0 unspecified atom stereocenters. The molecule has 2 saturated heterocycles. The number of nitrogens with zero attached hydrogens (tertiary/aromatic N) is 4. The van der Waals surface area contributed by atoms with Crippen LogP contribution in [0.3, 0.4) is 0 Å². The van der Waals surface area contributed by atoms with Crippen LogP contribution in [0.5, 0.6) is 0 Å². The van der Waals surface area contributed by atoms with Crippen LogP contribution in [0.2, 0.25) is 0 Å². The van der Waals surface area contributed by atoms with Gasteiger partial charge in [-0.1, -0.05) is 18.2 Å². The number of hydrogen-bond donors (Lipinski definition) is 1. The van der Waals surface area contributed by atoms with E-state index in [2.05, 4.69) is 10.4 Å². The first-order valence-electron chi connectivity index (χ1n) is 9.69. The van der Waals surface area contributed by atoms with Crippen molar-refractivity contribution >= 4 is 21.8 Å². The zero-order chi connectivity index (χ0) is 20.2. The molecule has 1 aromatic carbocycles. The summed E-state index contributed by atoms with van der Waals surface area (Å²) in [6.07, 6.45) is 3.88. The molecule has 0 bridgehead atoms. The molecule has 1 spiro atoms. The Morgan fingerprint density at radius 2 is 1.97 bits per heavy atom. The molecule has 3 aliphatic rings. The van der Waals surface area contributed by atoms with Crippen LogP contribution in [0.4, 0.5) is 5.69 Å². The smallest absolute Gasteiger partial charge is 0.282 e. The molecule has 1 amide bonds. The minimum absolute atomic E-state index is 0.160. The minimum atomic E-state index is -3.77. The Morgan fingerprint density at radius 3 is 2.69 bits per heavy atom. The van der Waals surface area contributed by atoms with Gasteiger partial charge < -0.3 is 10.1 Å². The molecule has 1 aromatic heterocycles. The predicted molar refractivity (Wildman–Crippen MR) is 105 cm³/mol. The summed E-state index contributed by atoms with van der Waals surface area (Å²) in [7, 11) is -1.98. The summed E-state index contributed by atoms with van der Waals surface area (Å²) in [5.41, 5.74) is 1.34. The maximum absolute atomic E-state index is 13.6. The standard InChI is InChI=1S/C19H23N5O4S/c1-22-13-14(12-20-22)17-19(15-4-2-3-5-16(15)21-18(19)25)6-7-24(17)29(26,27)23-8-10-28-11-9-23/h2-5,12-13,17H,6-11H2,1H3,(H,21,25)/t17-,19+/m0/s1. The summed E-state index contributed by atoms with van der Waals surface area (Å²) in [6, 6.07) is 6.88. The second kappa shape index (κ2) is 6.63. The van der Waals surface area contributed by atoms with E-state index >= 15 is 0 Å². The topological polar surface area (TPSA) is 96.8 Å². The van der Waals surface area contributed by atoms with Gasteiger partial charge in [0.05, 0.1) is 30.9 Å². The quantitative estimate of drug-likeness (QED) is 0.790. The van der Waals surface area contributed by atoms with Gasteiger partial charge in [0.15, 0.2) is 0 Å². The minimum Gasteiger partial charge on any atom is -0.379 e. The van der Waals surface area contributed by atoms with Gasteiger partial charge in [0, 0.05) is 44.1 Å². The second-order valence-corrected chi connectivity index (χ2v) is 9.58. The van der Waals surface area contributed by atoms with Gasteiger partial charge in [0.2, 0.25) is 5.91 Å². The maximum Gasteiger partial charge on any atom is 0.282 e. The van der Waals surface area contributed by atoms with E-state index in [1.807, 2.05) is 24.3 Å². The summed E-state index contributed by atoms with van der Waals surface area (Å²) < 4.78 is 37.1. The van der Waals surface area contributed by atoms with Crippen molar-refractivity contribution < 1.29 is 17.9 Å². The first-order chi connectivity index (χ1) is 13.9. The molecule has 5 rings (SSSR count). The van der Waals surface area contributed by atoms with Crippen LogP contribution in [-0.2, 0) is 32.2 Å². The average Bonchev–Trinajstić information content (AvgIpc) is 3.40. The van der Waals surface area contributed by atoms with Crippen LogP contribution in [0.15, 0.2) is 36.7 Å². The molecule has 2 atom stereocenters. The third-order valence-electron chi connectivity index (χ3n) is 6.18. The van der Waals surface area contributed by atoms with Gasteiger partial charge in [-0.3, -0.25) is 9.48 Å². The summed E-state index contributed by atoms with van der Waals surface area (Å²) in [4.78, 5) is 13.3. The Balaban J connectivity index is 1.66. The van der Waals surface area contributed by atoms with Gasteiger partial charge >= 0.3 is 0 Å². The zero-order valence-electron chi connectivity index (χ0n) is 16.1. The van der Waals surface area contributed by atoms with Crippen molar-refractivity contribution in [3.05, 3.63) is 47.8 Å². The molecule has 29 heavy (non-hydrogen) atoms. The van der Waals surface area contributed by atoms with E-state index in [0.717, 1.165) is 11.3 Å². The number of morpholine rings is 1. The summed E-state index contributed by atoms with van der Waals surface area (Å²) in [5.74, 6) is -0.160. The summed E-state index contributed by atoms with van der Waals surface area (Å²) in [6.45, 7) is 1.64. The molecule has 154 valence electrons. The number of benzene rings is 1. The molecule has 0 aliphatic carbocycles. The summed E-state index contributed by atoms with van der Waals surface area (Å²) >= 11 is 0. The highest BCUT2D eigenvalue weighted by atomic mass is 32.2. The Kier molecular flexibility index (Phi) is 4.28. The van der Waals surface area contributed by atoms with Gasteiger partial charge in [-0.25, -0.2) is 0 Å².